The van der Waals surface area contributed by atoms with Crippen LogP contribution in [0.4, 0.5) is 0 Å². The van der Waals surface area contributed by atoms with Crippen molar-refractivity contribution in [2.24, 2.45) is 0 Å². The second-order valence-electron chi connectivity index (χ2n) is 5.17. The zero-order valence-electron chi connectivity index (χ0n) is 12.9. The molecule has 0 bridgehead atoms. The number of carbonyl (C=O) groups excluding carboxylic acids is 1. The van der Waals surface area contributed by atoms with Gasteiger partial charge in [-0.2, -0.15) is 0 Å². The van der Waals surface area contributed by atoms with Crippen LogP contribution in [0.3, 0.4) is 0 Å². The smallest absolute Gasteiger partial charge is 0.230 e. The van der Waals surface area contributed by atoms with E-state index in [-0.39, 0.29) is 11.9 Å². The summed E-state index contributed by atoms with van der Waals surface area (Å²) < 4.78 is 0. The van der Waals surface area contributed by atoms with Crippen molar-refractivity contribution in [3.8, 4) is 0 Å². The van der Waals surface area contributed by atoms with Crippen LogP contribution < -0.4 is 5.32 Å². The monoisotopic (exact) mass is 314 g/mol. The minimum atomic E-state index is 0.0985. The van der Waals surface area contributed by atoms with Crippen LogP contribution in [0.15, 0.2) is 54.9 Å². The normalized spacial score (nSPS) is 11.9. The Labute approximate surface area is 136 Å². The molecule has 0 saturated carbocycles. The fraction of sp³-hybridized carbons (Fsp3) is 0.333. The summed E-state index contributed by atoms with van der Waals surface area (Å²) in [5.74, 6) is 1.41. The first-order chi connectivity index (χ1) is 10.8. The van der Waals surface area contributed by atoms with Gasteiger partial charge in [0.05, 0.1) is 11.8 Å². The van der Waals surface area contributed by atoms with Crippen LogP contribution >= 0.6 is 11.8 Å². The van der Waals surface area contributed by atoms with E-state index in [2.05, 4.69) is 29.4 Å². The minimum Gasteiger partial charge on any atom is -0.349 e. The largest absolute Gasteiger partial charge is 0.349 e. The average Bonchev–Trinajstić information content (AvgIpc) is 2.56. The van der Waals surface area contributed by atoms with Gasteiger partial charge in [-0.1, -0.05) is 43.7 Å². The van der Waals surface area contributed by atoms with Gasteiger partial charge in [0.2, 0.25) is 5.91 Å². The number of carbonyl (C=O) groups is 1. The van der Waals surface area contributed by atoms with Crippen LogP contribution in [0.2, 0.25) is 0 Å². The second-order valence-corrected chi connectivity index (χ2v) is 6.15. The number of thioether (sulfide) groups is 1. The number of pyridine rings is 1. The maximum Gasteiger partial charge on any atom is 0.230 e. The molecule has 1 aromatic carbocycles. The molecule has 0 aliphatic carbocycles. The number of nitrogens with zero attached hydrogens (tertiary/aromatic N) is 1. The molecule has 1 aromatic heterocycles. The first-order valence-corrected chi connectivity index (χ1v) is 8.76. The summed E-state index contributed by atoms with van der Waals surface area (Å²) in [5, 5.41) is 3.15. The SMILES string of the molecule is CCCC(NC(=O)CSCc1ccncc1)c1ccccc1. The highest BCUT2D eigenvalue weighted by atomic mass is 32.2. The van der Waals surface area contributed by atoms with E-state index in [1.54, 1.807) is 24.2 Å². The molecule has 2 aromatic rings. The van der Waals surface area contributed by atoms with Gasteiger partial charge in [-0.05, 0) is 29.7 Å². The van der Waals surface area contributed by atoms with E-state index in [9.17, 15) is 4.79 Å². The summed E-state index contributed by atoms with van der Waals surface area (Å²) in [4.78, 5) is 16.1. The predicted octanol–water partition coefficient (Wildman–Crippen LogP) is 3.97. The molecule has 3 nitrogen and oxygen atoms in total. The van der Waals surface area contributed by atoms with E-state index < -0.39 is 0 Å². The lowest BCUT2D eigenvalue weighted by atomic mass is 10.0. The summed E-state index contributed by atoms with van der Waals surface area (Å²) in [6, 6.07) is 14.3. The molecule has 2 rings (SSSR count). The van der Waals surface area contributed by atoms with Crippen molar-refractivity contribution in [2.75, 3.05) is 5.75 Å². The highest BCUT2D eigenvalue weighted by molar-refractivity contribution is 7.99. The number of benzene rings is 1. The van der Waals surface area contributed by atoms with Gasteiger partial charge in [0.25, 0.3) is 0 Å². The van der Waals surface area contributed by atoms with Crippen molar-refractivity contribution < 1.29 is 4.79 Å². The molecule has 1 atom stereocenters. The van der Waals surface area contributed by atoms with Crippen LogP contribution in [0.5, 0.6) is 0 Å². The first-order valence-electron chi connectivity index (χ1n) is 7.60. The summed E-state index contributed by atoms with van der Waals surface area (Å²) in [7, 11) is 0. The van der Waals surface area contributed by atoms with Crippen LogP contribution in [0.1, 0.15) is 36.9 Å². The molecule has 0 fully saturated rings. The van der Waals surface area contributed by atoms with Gasteiger partial charge < -0.3 is 5.32 Å². The lowest BCUT2D eigenvalue weighted by molar-refractivity contribution is -0.119. The minimum absolute atomic E-state index is 0.0985. The molecule has 0 radical (unpaired) electrons. The number of hydrogen-bond acceptors (Lipinski definition) is 3. The van der Waals surface area contributed by atoms with Crippen LogP contribution in [0.25, 0.3) is 0 Å². The topological polar surface area (TPSA) is 42.0 Å². The van der Waals surface area contributed by atoms with Gasteiger partial charge in [-0.3, -0.25) is 9.78 Å². The lowest BCUT2D eigenvalue weighted by Gasteiger charge is -2.18. The number of aromatic nitrogens is 1. The van der Waals surface area contributed by atoms with Crippen LogP contribution in [-0.2, 0) is 10.5 Å². The van der Waals surface area contributed by atoms with E-state index in [0.29, 0.717) is 5.75 Å². The first kappa shape index (κ1) is 16.6. The summed E-state index contributed by atoms with van der Waals surface area (Å²) >= 11 is 1.63. The molecule has 116 valence electrons. The van der Waals surface area contributed by atoms with Crippen molar-refractivity contribution >= 4 is 17.7 Å². The number of rotatable bonds is 8. The number of hydrogen-bond donors (Lipinski definition) is 1. The van der Waals surface area contributed by atoms with E-state index in [4.69, 9.17) is 0 Å². The molecule has 1 N–H and O–H groups in total. The van der Waals surface area contributed by atoms with Crippen LogP contribution in [0, 0.1) is 0 Å². The predicted molar refractivity (Wildman–Crippen MR) is 92.6 cm³/mol. The molecule has 1 amide bonds. The molecule has 0 aliphatic heterocycles. The zero-order chi connectivity index (χ0) is 15.6. The fourth-order valence-corrected chi connectivity index (χ4v) is 3.07. The molecular weight excluding hydrogens is 292 g/mol. The van der Waals surface area contributed by atoms with E-state index in [0.717, 1.165) is 18.6 Å². The van der Waals surface area contributed by atoms with Crippen molar-refractivity contribution in [3.05, 3.63) is 66.0 Å². The van der Waals surface area contributed by atoms with Gasteiger partial charge in [0, 0.05) is 18.1 Å². The van der Waals surface area contributed by atoms with Gasteiger partial charge in [-0.15, -0.1) is 11.8 Å². The fourth-order valence-electron chi connectivity index (χ4n) is 2.27. The van der Waals surface area contributed by atoms with E-state index in [1.807, 2.05) is 30.3 Å². The summed E-state index contributed by atoms with van der Waals surface area (Å²) in [5.41, 5.74) is 2.37. The Balaban J connectivity index is 1.81. The summed E-state index contributed by atoms with van der Waals surface area (Å²) in [6.07, 6.45) is 5.57. The molecule has 1 unspecified atom stereocenters. The molecular formula is C18H22N2OS. The molecule has 0 spiro atoms. The second kappa shape index (κ2) is 9.26. The Morgan fingerprint density at radius 2 is 1.91 bits per heavy atom. The van der Waals surface area contributed by atoms with E-state index >= 15 is 0 Å². The Morgan fingerprint density at radius 3 is 2.59 bits per heavy atom. The van der Waals surface area contributed by atoms with E-state index in [1.165, 1.54) is 11.1 Å². The third kappa shape index (κ3) is 5.53. The lowest BCUT2D eigenvalue weighted by Crippen LogP contribution is -2.30. The maximum absolute atomic E-state index is 12.1. The summed E-state index contributed by atoms with van der Waals surface area (Å²) in [6.45, 7) is 2.14. The van der Waals surface area contributed by atoms with Crippen molar-refractivity contribution in [1.82, 2.24) is 10.3 Å². The third-order valence-corrected chi connectivity index (χ3v) is 4.37. The van der Waals surface area contributed by atoms with Crippen molar-refractivity contribution in [1.29, 1.82) is 0 Å². The highest BCUT2D eigenvalue weighted by Crippen LogP contribution is 2.18. The molecule has 22 heavy (non-hydrogen) atoms. The Morgan fingerprint density at radius 1 is 1.18 bits per heavy atom. The highest BCUT2D eigenvalue weighted by Gasteiger charge is 2.13. The third-order valence-electron chi connectivity index (χ3n) is 3.37. The quantitative estimate of drug-likeness (QED) is 0.801. The van der Waals surface area contributed by atoms with Crippen molar-refractivity contribution in [3.63, 3.8) is 0 Å². The standard InChI is InChI=1S/C18H22N2OS/c1-2-6-17(16-7-4-3-5-8-16)20-18(21)14-22-13-15-9-11-19-12-10-15/h3-5,7-12,17H,2,6,13-14H2,1H3,(H,20,21). The Hall–Kier alpha value is -1.81. The van der Waals surface area contributed by atoms with Crippen molar-refractivity contribution in [2.45, 2.75) is 31.6 Å². The van der Waals surface area contributed by atoms with Gasteiger partial charge in [-0.25, -0.2) is 0 Å². The number of amides is 1. The molecule has 0 saturated heterocycles. The zero-order valence-corrected chi connectivity index (χ0v) is 13.7. The molecule has 4 heteroatoms. The van der Waals surface area contributed by atoms with Gasteiger partial charge in [0.15, 0.2) is 0 Å². The molecule has 0 aliphatic rings. The van der Waals surface area contributed by atoms with Gasteiger partial charge in [0.1, 0.15) is 0 Å². The van der Waals surface area contributed by atoms with Gasteiger partial charge >= 0.3 is 0 Å². The average molecular weight is 314 g/mol. The Kier molecular flexibility index (Phi) is 6.97. The number of nitrogens with one attached hydrogen (secondary N) is 1. The maximum atomic E-state index is 12.1. The Bertz CT molecular complexity index is 560. The van der Waals surface area contributed by atoms with Crippen LogP contribution in [-0.4, -0.2) is 16.6 Å². The molecule has 1 heterocycles.